The van der Waals surface area contributed by atoms with E-state index in [0.717, 1.165) is 11.3 Å². The highest BCUT2D eigenvalue weighted by molar-refractivity contribution is 7.91. The average molecular weight is 327 g/mol. The van der Waals surface area contributed by atoms with Crippen molar-refractivity contribution in [3.05, 3.63) is 40.7 Å². The fourth-order valence-electron chi connectivity index (χ4n) is 2.63. The number of benzene rings is 1. The summed E-state index contributed by atoms with van der Waals surface area (Å²) in [5.74, 6) is 0.0739. The van der Waals surface area contributed by atoms with Crippen LogP contribution in [0.5, 0.6) is 0 Å². The highest BCUT2D eigenvalue weighted by Gasteiger charge is 2.37. The Hall–Kier alpha value is -1.44. The first kappa shape index (κ1) is 14.5. The molecule has 0 unspecified atom stereocenters. The van der Waals surface area contributed by atoms with E-state index in [1.54, 1.807) is 29.1 Å². The molecule has 0 fully saturated rings. The van der Waals surface area contributed by atoms with Crippen LogP contribution in [0, 0.1) is 0 Å². The maximum absolute atomic E-state index is 12.2. The van der Waals surface area contributed by atoms with E-state index in [0.29, 0.717) is 16.5 Å². The van der Waals surface area contributed by atoms with E-state index in [2.05, 4.69) is 10.3 Å². The Balaban J connectivity index is 1.94. The molecular formula is C13H15ClN4O2S. The number of aryl methyl sites for hydroxylation is 1. The van der Waals surface area contributed by atoms with Crippen LogP contribution in [0.2, 0.25) is 5.02 Å². The molecule has 1 atom stereocenters. The first-order chi connectivity index (χ1) is 9.88. The van der Waals surface area contributed by atoms with E-state index in [1.165, 1.54) is 0 Å². The van der Waals surface area contributed by atoms with Gasteiger partial charge < -0.3 is 0 Å². The van der Waals surface area contributed by atoms with Crippen LogP contribution in [0.3, 0.4) is 0 Å². The summed E-state index contributed by atoms with van der Waals surface area (Å²) < 4.78 is 26.2. The van der Waals surface area contributed by atoms with Gasteiger partial charge in [-0.15, -0.1) is 5.10 Å². The van der Waals surface area contributed by atoms with Crippen LogP contribution in [0.1, 0.15) is 17.3 Å². The fraction of sp³-hybridized carbons (Fsp3) is 0.385. The number of nitrogens with zero attached hydrogens (tertiary/aromatic N) is 4. The van der Waals surface area contributed by atoms with Gasteiger partial charge in [0.1, 0.15) is 0 Å². The lowest BCUT2D eigenvalue weighted by molar-refractivity contribution is 0.250. The highest BCUT2D eigenvalue weighted by atomic mass is 35.5. The van der Waals surface area contributed by atoms with Crippen LogP contribution in [0.15, 0.2) is 29.3 Å². The van der Waals surface area contributed by atoms with Gasteiger partial charge >= 0.3 is 0 Å². The maximum atomic E-state index is 12.2. The van der Waals surface area contributed by atoms with Crippen molar-refractivity contribution in [2.24, 2.45) is 7.05 Å². The SMILES string of the molecule is CN(Cc1cnnn1C)[C@@H]1CS(=O)(=O)c2ccc(Cl)cc21. The Labute approximate surface area is 128 Å². The number of fused-ring (bicyclic) bond motifs is 1. The predicted molar refractivity (Wildman–Crippen MR) is 78.7 cm³/mol. The van der Waals surface area contributed by atoms with E-state index in [9.17, 15) is 8.42 Å². The number of aromatic nitrogens is 3. The number of hydrogen-bond donors (Lipinski definition) is 0. The molecule has 1 aromatic heterocycles. The fourth-order valence-corrected chi connectivity index (χ4v) is 4.67. The largest absolute Gasteiger partial charge is 0.292 e. The average Bonchev–Trinajstić information content (AvgIpc) is 2.92. The van der Waals surface area contributed by atoms with Crippen LogP contribution in [-0.2, 0) is 23.4 Å². The second-order valence-electron chi connectivity index (χ2n) is 5.24. The topological polar surface area (TPSA) is 68.1 Å². The van der Waals surface area contributed by atoms with Crippen molar-refractivity contribution in [1.82, 2.24) is 19.9 Å². The molecule has 0 N–H and O–H groups in total. The summed E-state index contributed by atoms with van der Waals surface area (Å²) in [7, 11) is 0.460. The smallest absolute Gasteiger partial charge is 0.180 e. The number of halogens is 1. The second-order valence-corrected chi connectivity index (χ2v) is 7.68. The Bertz CT molecular complexity index is 787. The molecule has 3 rings (SSSR count). The van der Waals surface area contributed by atoms with Crippen molar-refractivity contribution in [2.75, 3.05) is 12.8 Å². The lowest BCUT2D eigenvalue weighted by atomic mass is 10.1. The highest BCUT2D eigenvalue weighted by Crippen LogP contribution is 2.38. The van der Waals surface area contributed by atoms with Crippen molar-refractivity contribution in [3.8, 4) is 0 Å². The van der Waals surface area contributed by atoms with Crippen molar-refractivity contribution in [1.29, 1.82) is 0 Å². The third-order valence-corrected chi connectivity index (χ3v) is 5.83. The summed E-state index contributed by atoms with van der Waals surface area (Å²) in [5.41, 5.74) is 1.69. The summed E-state index contributed by atoms with van der Waals surface area (Å²) in [6.07, 6.45) is 1.68. The number of hydrogen-bond acceptors (Lipinski definition) is 5. The van der Waals surface area contributed by atoms with Crippen molar-refractivity contribution >= 4 is 21.4 Å². The quantitative estimate of drug-likeness (QED) is 0.853. The standard InChI is InChI=1S/C13H15ClN4O2S/c1-17(7-10-6-15-16-18(10)2)12-8-21(19,20)13-4-3-9(14)5-11(12)13/h3-6,12H,7-8H2,1-2H3/t12-/m1/s1. The lowest BCUT2D eigenvalue weighted by Gasteiger charge is -2.23. The summed E-state index contributed by atoms with van der Waals surface area (Å²) >= 11 is 6.02. The minimum absolute atomic E-state index is 0.0739. The van der Waals surface area contributed by atoms with Gasteiger partial charge in [0.25, 0.3) is 0 Å². The monoisotopic (exact) mass is 326 g/mol. The van der Waals surface area contributed by atoms with Crippen LogP contribution in [0.4, 0.5) is 0 Å². The molecule has 0 saturated heterocycles. The van der Waals surface area contributed by atoms with Crippen LogP contribution in [-0.4, -0.2) is 41.1 Å². The molecule has 0 aliphatic carbocycles. The first-order valence-electron chi connectivity index (χ1n) is 6.44. The Morgan fingerprint density at radius 2 is 2.24 bits per heavy atom. The molecule has 0 bridgehead atoms. The molecule has 0 saturated carbocycles. The maximum Gasteiger partial charge on any atom is 0.180 e. The zero-order valence-corrected chi connectivity index (χ0v) is 13.3. The predicted octanol–water partition coefficient (Wildman–Crippen LogP) is 1.43. The normalized spacial score (nSPS) is 19.9. The Morgan fingerprint density at radius 3 is 2.90 bits per heavy atom. The molecule has 21 heavy (non-hydrogen) atoms. The van der Waals surface area contributed by atoms with E-state index in [4.69, 9.17) is 11.6 Å². The lowest BCUT2D eigenvalue weighted by Crippen LogP contribution is -2.26. The van der Waals surface area contributed by atoms with Gasteiger partial charge in [0, 0.05) is 18.6 Å². The molecule has 0 amide bonds. The minimum atomic E-state index is -3.24. The van der Waals surface area contributed by atoms with Crippen LogP contribution >= 0.6 is 11.6 Å². The van der Waals surface area contributed by atoms with Crippen molar-refractivity contribution < 1.29 is 8.42 Å². The molecule has 0 spiro atoms. The number of rotatable bonds is 3. The summed E-state index contributed by atoms with van der Waals surface area (Å²) in [6, 6.07) is 4.74. The van der Waals surface area contributed by atoms with Gasteiger partial charge in [-0.05, 0) is 30.8 Å². The molecular weight excluding hydrogens is 312 g/mol. The van der Waals surface area contributed by atoms with Gasteiger partial charge in [-0.1, -0.05) is 16.8 Å². The zero-order chi connectivity index (χ0) is 15.2. The molecule has 1 aromatic carbocycles. The van der Waals surface area contributed by atoms with Crippen molar-refractivity contribution in [2.45, 2.75) is 17.5 Å². The van der Waals surface area contributed by atoms with Crippen LogP contribution < -0.4 is 0 Å². The van der Waals surface area contributed by atoms with E-state index < -0.39 is 9.84 Å². The summed E-state index contributed by atoms with van der Waals surface area (Å²) in [4.78, 5) is 2.37. The van der Waals surface area contributed by atoms with E-state index in [1.807, 2.05) is 19.0 Å². The van der Waals surface area contributed by atoms with Gasteiger partial charge in [-0.2, -0.15) is 0 Å². The Morgan fingerprint density at radius 1 is 1.48 bits per heavy atom. The van der Waals surface area contributed by atoms with E-state index in [-0.39, 0.29) is 11.8 Å². The van der Waals surface area contributed by atoms with Gasteiger partial charge in [-0.25, -0.2) is 8.42 Å². The first-order valence-corrected chi connectivity index (χ1v) is 8.47. The van der Waals surface area contributed by atoms with Gasteiger partial charge in [-0.3, -0.25) is 9.58 Å². The molecule has 1 aliphatic heterocycles. The molecule has 2 heterocycles. The third-order valence-electron chi connectivity index (χ3n) is 3.79. The van der Waals surface area contributed by atoms with Gasteiger partial charge in [0.05, 0.1) is 28.6 Å². The van der Waals surface area contributed by atoms with Crippen LogP contribution in [0.25, 0.3) is 0 Å². The van der Waals surface area contributed by atoms with Gasteiger partial charge in [0.2, 0.25) is 0 Å². The third kappa shape index (κ3) is 2.56. The second kappa shape index (κ2) is 5.08. The summed E-state index contributed by atoms with van der Waals surface area (Å²) in [6.45, 7) is 0.565. The molecule has 6 nitrogen and oxygen atoms in total. The number of sulfone groups is 1. The van der Waals surface area contributed by atoms with Gasteiger partial charge in [0.15, 0.2) is 9.84 Å². The molecule has 8 heteroatoms. The minimum Gasteiger partial charge on any atom is -0.292 e. The molecule has 2 aromatic rings. The summed E-state index contributed by atoms with van der Waals surface area (Å²) in [5, 5.41) is 8.27. The Kier molecular flexibility index (Phi) is 3.51. The molecule has 112 valence electrons. The van der Waals surface area contributed by atoms with Crippen molar-refractivity contribution in [3.63, 3.8) is 0 Å². The zero-order valence-electron chi connectivity index (χ0n) is 11.7. The van der Waals surface area contributed by atoms with E-state index >= 15 is 0 Å². The molecule has 1 aliphatic rings. The molecule has 0 radical (unpaired) electrons.